The lowest BCUT2D eigenvalue weighted by atomic mass is 9.95. The molecule has 4 aromatic rings. The lowest BCUT2D eigenvalue weighted by molar-refractivity contribution is -0.136. The highest BCUT2D eigenvalue weighted by atomic mass is 79.9. The Morgan fingerprint density at radius 3 is 2.46 bits per heavy atom. The third-order valence-electron chi connectivity index (χ3n) is 6.33. The summed E-state index contributed by atoms with van der Waals surface area (Å²) in [5, 5.41) is 0. The quantitative estimate of drug-likeness (QED) is 0.230. The van der Waals surface area contributed by atoms with E-state index in [0.717, 1.165) is 25.6 Å². The van der Waals surface area contributed by atoms with Crippen molar-refractivity contribution >= 4 is 55.2 Å². The molecule has 3 aromatic carbocycles. The summed E-state index contributed by atoms with van der Waals surface area (Å²) in [6.07, 6.45) is 2.35. The maximum atomic E-state index is 13.9. The van der Waals surface area contributed by atoms with Gasteiger partial charge in [0.1, 0.15) is 12.4 Å². The van der Waals surface area contributed by atoms with Crippen LogP contribution < -0.4 is 19.6 Å². The molecule has 9 heteroatoms. The van der Waals surface area contributed by atoms with Crippen LogP contribution in [-0.4, -0.2) is 17.6 Å². The molecule has 0 bridgehead atoms. The molecule has 0 unspecified atom stereocenters. The number of aromatic nitrogens is 1. The predicted octanol–water partition coefficient (Wildman–Crippen LogP) is 5.90. The molecule has 0 spiro atoms. The fourth-order valence-electron chi connectivity index (χ4n) is 4.46. The van der Waals surface area contributed by atoms with Gasteiger partial charge in [-0.05, 0) is 54.0 Å². The summed E-state index contributed by atoms with van der Waals surface area (Å²) in [7, 11) is 1.35. The van der Waals surface area contributed by atoms with Crippen LogP contribution in [0.5, 0.6) is 5.75 Å². The van der Waals surface area contributed by atoms with E-state index in [1.165, 1.54) is 18.4 Å². The number of carbonyl (C=O) groups excluding carboxylic acids is 1. The van der Waals surface area contributed by atoms with Gasteiger partial charge in [0.15, 0.2) is 4.80 Å². The van der Waals surface area contributed by atoms with Gasteiger partial charge in [-0.3, -0.25) is 9.36 Å². The van der Waals surface area contributed by atoms with Crippen molar-refractivity contribution < 1.29 is 14.3 Å². The molecule has 198 valence electrons. The van der Waals surface area contributed by atoms with E-state index >= 15 is 0 Å². The van der Waals surface area contributed by atoms with Crippen molar-refractivity contribution in [3.63, 3.8) is 0 Å². The number of allylic oxidation sites excluding steroid dienone is 1. The van der Waals surface area contributed by atoms with Crippen LogP contribution >= 0.6 is 43.2 Å². The van der Waals surface area contributed by atoms with Crippen LogP contribution in [0.25, 0.3) is 6.08 Å². The molecule has 0 saturated heterocycles. The van der Waals surface area contributed by atoms with Crippen molar-refractivity contribution in [2.24, 2.45) is 4.99 Å². The predicted molar refractivity (Wildman–Crippen MR) is 159 cm³/mol. The van der Waals surface area contributed by atoms with Gasteiger partial charge < -0.3 is 9.47 Å². The number of methoxy groups -OCH3 is 1. The summed E-state index contributed by atoms with van der Waals surface area (Å²) in [4.78, 5) is 32.1. The molecule has 1 atom stereocenters. The molecule has 0 radical (unpaired) electrons. The first-order valence-corrected chi connectivity index (χ1v) is 14.6. The Labute approximate surface area is 246 Å². The Kier molecular flexibility index (Phi) is 8.30. The Hall–Kier alpha value is -3.27. The minimum absolute atomic E-state index is 0.233. The molecule has 0 N–H and O–H groups in total. The minimum atomic E-state index is -0.636. The minimum Gasteiger partial charge on any atom is -0.488 e. The second kappa shape index (κ2) is 11.9. The number of halogens is 2. The Balaban J connectivity index is 1.63. The van der Waals surface area contributed by atoms with E-state index in [4.69, 9.17) is 14.5 Å². The summed E-state index contributed by atoms with van der Waals surface area (Å²) < 4.78 is 15.2. The molecular formula is C30H24Br2N2O4S. The van der Waals surface area contributed by atoms with Crippen LogP contribution in [-0.2, 0) is 16.1 Å². The Morgan fingerprint density at radius 2 is 1.77 bits per heavy atom. The lowest BCUT2D eigenvalue weighted by Crippen LogP contribution is -2.40. The van der Waals surface area contributed by atoms with Crippen molar-refractivity contribution in [2.45, 2.75) is 26.0 Å². The van der Waals surface area contributed by atoms with Crippen LogP contribution in [0.15, 0.2) is 103 Å². The first-order chi connectivity index (χ1) is 18.9. The summed E-state index contributed by atoms with van der Waals surface area (Å²) in [6, 6.07) is 22.5. The van der Waals surface area contributed by atoms with Crippen molar-refractivity contribution in [1.82, 2.24) is 4.57 Å². The number of nitrogens with zero attached hydrogens (tertiary/aromatic N) is 2. The Morgan fingerprint density at radius 1 is 1.05 bits per heavy atom. The standard InChI is InChI=1S/C30H24Br2N2O4S/c1-3-23-26(29(36)37-2)27(19-7-5-4-6-8-19)34-28(35)25(39-30(34)33-23)16-20-15-22(32)13-14-24(20)38-17-18-9-11-21(31)12-10-18/h4-16,27H,3,17H2,1-2H3/b25-16-/t27-/m1/s1. The zero-order valence-corrected chi connectivity index (χ0v) is 25.2. The summed E-state index contributed by atoms with van der Waals surface area (Å²) in [5.41, 5.74) is 3.36. The number of esters is 1. The van der Waals surface area contributed by atoms with E-state index in [1.807, 2.05) is 85.8 Å². The maximum absolute atomic E-state index is 13.9. The van der Waals surface area contributed by atoms with E-state index in [2.05, 4.69) is 31.9 Å². The van der Waals surface area contributed by atoms with Gasteiger partial charge in [0.2, 0.25) is 0 Å². The first-order valence-electron chi connectivity index (χ1n) is 12.2. The molecule has 39 heavy (non-hydrogen) atoms. The van der Waals surface area contributed by atoms with Gasteiger partial charge in [-0.15, -0.1) is 0 Å². The molecule has 0 fully saturated rings. The van der Waals surface area contributed by atoms with E-state index in [0.29, 0.717) is 39.4 Å². The van der Waals surface area contributed by atoms with Gasteiger partial charge in [-0.2, -0.15) is 0 Å². The number of hydrogen-bond acceptors (Lipinski definition) is 6. The fourth-order valence-corrected chi connectivity index (χ4v) is 6.12. The van der Waals surface area contributed by atoms with Gasteiger partial charge >= 0.3 is 5.97 Å². The zero-order chi connectivity index (χ0) is 27.5. The Bertz CT molecular complexity index is 1740. The van der Waals surface area contributed by atoms with E-state index in [-0.39, 0.29) is 5.56 Å². The molecule has 1 aliphatic heterocycles. The van der Waals surface area contributed by atoms with Crippen LogP contribution in [0.3, 0.4) is 0 Å². The fraction of sp³-hybridized carbons (Fsp3) is 0.167. The van der Waals surface area contributed by atoms with E-state index in [1.54, 1.807) is 4.57 Å². The van der Waals surface area contributed by atoms with Crippen LogP contribution in [0.1, 0.15) is 36.1 Å². The zero-order valence-electron chi connectivity index (χ0n) is 21.2. The average molecular weight is 668 g/mol. The van der Waals surface area contributed by atoms with Crippen LogP contribution in [0.4, 0.5) is 0 Å². The lowest BCUT2D eigenvalue weighted by Gasteiger charge is -2.25. The SMILES string of the molecule is CCC1=C(C(=O)OC)[C@@H](c2ccccc2)n2c(s/c(=C\c3cc(Br)ccc3OCc3ccc(Br)cc3)c2=O)=N1. The number of rotatable bonds is 7. The summed E-state index contributed by atoms with van der Waals surface area (Å²) in [6.45, 7) is 2.32. The maximum Gasteiger partial charge on any atom is 0.338 e. The number of carbonyl (C=O) groups is 1. The van der Waals surface area contributed by atoms with E-state index in [9.17, 15) is 9.59 Å². The molecule has 5 rings (SSSR count). The van der Waals surface area contributed by atoms with Gasteiger partial charge in [-0.25, -0.2) is 9.79 Å². The second-order valence-corrected chi connectivity index (χ2v) is 11.6. The van der Waals surface area contributed by atoms with Crippen LogP contribution in [0.2, 0.25) is 0 Å². The molecule has 0 saturated carbocycles. The smallest absolute Gasteiger partial charge is 0.338 e. The van der Waals surface area contributed by atoms with Crippen molar-refractivity contribution in [2.75, 3.05) is 7.11 Å². The molecular weight excluding hydrogens is 644 g/mol. The molecule has 2 heterocycles. The van der Waals surface area contributed by atoms with Crippen molar-refractivity contribution in [1.29, 1.82) is 0 Å². The number of ether oxygens (including phenoxy) is 2. The normalized spacial score (nSPS) is 15.1. The van der Waals surface area contributed by atoms with Crippen molar-refractivity contribution in [3.05, 3.63) is 129 Å². The van der Waals surface area contributed by atoms with Gasteiger partial charge in [-0.1, -0.05) is 92.6 Å². The largest absolute Gasteiger partial charge is 0.488 e. The van der Waals surface area contributed by atoms with E-state index < -0.39 is 12.0 Å². The average Bonchev–Trinajstić information content (AvgIpc) is 3.26. The van der Waals surface area contributed by atoms with Gasteiger partial charge in [0, 0.05) is 14.5 Å². The third kappa shape index (κ3) is 5.71. The number of fused-ring (bicyclic) bond motifs is 1. The summed E-state index contributed by atoms with van der Waals surface area (Å²) >= 11 is 8.29. The third-order valence-corrected chi connectivity index (χ3v) is 8.34. The molecule has 6 nitrogen and oxygen atoms in total. The molecule has 0 aliphatic carbocycles. The number of hydrogen-bond donors (Lipinski definition) is 0. The highest BCUT2D eigenvalue weighted by Gasteiger charge is 2.33. The molecule has 0 amide bonds. The summed E-state index contributed by atoms with van der Waals surface area (Å²) in [5.74, 6) is 0.158. The molecule has 1 aliphatic rings. The van der Waals surface area contributed by atoms with Gasteiger partial charge in [0.05, 0.1) is 29.0 Å². The monoisotopic (exact) mass is 666 g/mol. The van der Waals surface area contributed by atoms with Crippen LogP contribution in [0, 0.1) is 0 Å². The molecule has 1 aromatic heterocycles. The highest BCUT2D eigenvalue weighted by Crippen LogP contribution is 2.32. The highest BCUT2D eigenvalue weighted by molar-refractivity contribution is 9.10. The topological polar surface area (TPSA) is 69.9 Å². The second-order valence-electron chi connectivity index (χ2n) is 8.80. The first kappa shape index (κ1) is 27.3. The van der Waals surface area contributed by atoms with Crippen molar-refractivity contribution in [3.8, 4) is 5.75 Å². The van der Waals surface area contributed by atoms with Gasteiger partial charge in [0.25, 0.3) is 5.56 Å². The number of benzene rings is 3. The number of thiazole rings is 1.